The quantitative estimate of drug-likeness (QED) is 0.155. The van der Waals surface area contributed by atoms with Gasteiger partial charge in [0.05, 0.1) is 49.3 Å². The Morgan fingerprint density at radius 2 is 1.62 bits per heavy atom. The Kier molecular flexibility index (Phi) is 11.8. The lowest BCUT2D eigenvalue weighted by molar-refractivity contribution is -0.296. The molecule has 0 aromatic carbocycles. The molecule has 2 saturated heterocycles. The highest BCUT2D eigenvalue weighted by molar-refractivity contribution is 5.30. The Bertz CT molecular complexity index is 1270. The number of hydrogen-bond acceptors (Lipinski definition) is 10. The molecule has 5 fully saturated rings. The summed E-state index contributed by atoms with van der Waals surface area (Å²) in [5.74, 6) is 2.22. The van der Waals surface area contributed by atoms with Crippen LogP contribution in [0.5, 0.6) is 0 Å². The van der Waals surface area contributed by atoms with E-state index >= 15 is 0 Å². The number of allylic oxidation sites excluding steroid dienone is 1. The molecule has 52 heavy (non-hydrogen) atoms. The Hall–Kier alpha value is -0.660. The Morgan fingerprint density at radius 1 is 0.885 bits per heavy atom. The van der Waals surface area contributed by atoms with Crippen molar-refractivity contribution >= 4 is 0 Å². The van der Waals surface area contributed by atoms with Gasteiger partial charge in [-0.15, -0.1) is 0 Å². The molecular weight excluding hydrogens is 664 g/mol. The summed E-state index contributed by atoms with van der Waals surface area (Å²) in [6, 6.07) is 0. The van der Waals surface area contributed by atoms with E-state index in [4.69, 9.17) is 18.9 Å². The Labute approximate surface area is 312 Å². The van der Waals surface area contributed by atoms with E-state index in [0.717, 1.165) is 25.7 Å². The van der Waals surface area contributed by atoms with Crippen molar-refractivity contribution in [2.75, 3.05) is 13.2 Å². The molecule has 0 aromatic heterocycles. The third-order valence-electron chi connectivity index (χ3n) is 16.1. The van der Waals surface area contributed by atoms with Crippen LogP contribution in [0, 0.1) is 45.3 Å². The van der Waals surface area contributed by atoms with Crippen molar-refractivity contribution < 1.29 is 49.6 Å². The summed E-state index contributed by atoms with van der Waals surface area (Å²) >= 11 is 0. The standard InChI is InChI=1S/C42H72O10/c1-24(27-15-16-42(8)33-12-10-28-29(11-13-34(47)38(28,2)3)40(33,6)17-18-41(27,42)7)9-14-35(39(4,5)48)52-36-20-25(44)19-26(50-36)23-49-37-31(46)21-30(45)32(22-43)51-37/h10,24-27,29-37,43-48H,9,11-23H2,1-8H3/t24-,25+,26+,27?,29?,30+,31-,32-,33?,34+,35-,36+,37+,40+,41-,42+/m1/s1. The molecule has 2 heterocycles. The number of aliphatic hydroxyl groups excluding tert-OH is 5. The van der Waals surface area contributed by atoms with Crippen molar-refractivity contribution in [1.82, 2.24) is 0 Å². The first-order chi connectivity index (χ1) is 24.2. The zero-order chi connectivity index (χ0) is 38.0. The minimum Gasteiger partial charge on any atom is -0.394 e. The summed E-state index contributed by atoms with van der Waals surface area (Å²) in [5, 5.41) is 62.9. The van der Waals surface area contributed by atoms with Crippen LogP contribution in [0.2, 0.25) is 0 Å². The molecule has 0 radical (unpaired) electrons. The fourth-order valence-corrected chi connectivity index (χ4v) is 12.5. The molecule has 10 heteroatoms. The normalized spacial score (nSPS) is 47.5. The monoisotopic (exact) mass is 737 g/mol. The molecule has 3 unspecified atom stereocenters. The van der Waals surface area contributed by atoms with Crippen LogP contribution in [0.15, 0.2) is 11.6 Å². The van der Waals surface area contributed by atoms with Crippen molar-refractivity contribution in [2.45, 2.75) is 193 Å². The van der Waals surface area contributed by atoms with Gasteiger partial charge in [-0.2, -0.15) is 0 Å². The number of aliphatic hydroxyl groups is 6. The van der Waals surface area contributed by atoms with E-state index < -0.39 is 54.8 Å². The van der Waals surface area contributed by atoms with Gasteiger partial charge in [0.2, 0.25) is 0 Å². The van der Waals surface area contributed by atoms with Crippen LogP contribution in [0.1, 0.15) is 132 Å². The fourth-order valence-electron chi connectivity index (χ4n) is 12.5. The van der Waals surface area contributed by atoms with Crippen molar-refractivity contribution in [3.05, 3.63) is 11.6 Å². The molecule has 0 amide bonds. The summed E-state index contributed by atoms with van der Waals surface area (Å²) < 4.78 is 24.1. The smallest absolute Gasteiger partial charge is 0.184 e. The summed E-state index contributed by atoms with van der Waals surface area (Å²) in [5.41, 5.74) is 0.976. The second-order valence-electron chi connectivity index (χ2n) is 19.9. The van der Waals surface area contributed by atoms with Crippen LogP contribution in [0.4, 0.5) is 0 Å². The van der Waals surface area contributed by atoms with E-state index in [0.29, 0.717) is 36.5 Å². The van der Waals surface area contributed by atoms with Gasteiger partial charge in [-0.05, 0) is 112 Å². The van der Waals surface area contributed by atoms with Gasteiger partial charge in [0.15, 0.2) is 12.6 Å². The number of ether oxygens (including phenoxy) is 4. The third kappa shape index (κ3) is 7.34. The summed E-state index contributed by atoms with van der Waals surface area (Å²) in [6.45, 7) is 17.9. The van der Waals surface area contributed by atoms with Crippen LogP contribution < -0.4 is 0 Å². The van der Waals surface area contributed by atoms with Crippen molar-refractivity contribution in [3.8, 4) is 0 Å². The van der Waals surface area contributed by atoms with Gasteiger partial charge in [-0.3, -0.25) is 0 Å². The van der Waals surface area contributed by atoms with Crippen molar-refractivity contribution in [1.29, 1.82) is 0 Å². The molecule has 0 bridgehead atoms. The van der Waals surface area contributed by atoms with Gasteiger partial charge in [-0.1, -0.05) is 53.2 Å². The van der Waals surface area contributed by atoms with E-state index in [1.165, 1.54) is 31.3 Å². The zero-order valence-electron chi connectivity index (χ0n) is 33.3. The summed E-state index contributed by atoms with van der Waals surface area (Å²) in [6.07, 6.45) is 6.24. The van der Waals surface area contributed by atoms with Gasteiger partial charge in [-0.25, -0.2) is 0 Å². The number of fused-ring (bicyclic) bond motifs is 5. The Balaban J connectivity index is 1.08. The largest absolute Gasteiger partial charge is 0.394 e. The molecule has 0 aromatic rings. The van der Waals surface area contributed by atoms with E-state index in [1.54, 1.807) is 13.8 Å². The molecule has 16 atom stereocenters. The van der Waals surface area contributed by atoms with Crippen LogP contribution >= 0.6 is 0 Å². The highest BCUT2D eigenvalue weighted by atomic mass is 16.7. The molecule has 300 valence electrons. The van der Waals surface area contributed by atoms with Crippen LogP contribution in [-0.4, -0.2) is 105 Å². The first-order valence-electron chi connectivity index (χ1n) is 20.6. The molecule has 0 spiro atoms. The minimum absolute atomic E-state index is 0.0313. The molecule has 10 nitrogen and oxygen atoms in total. The van der Waals surface area contributed by atoms with Gasteiger partial charge >= 0.3 is 0 Å². The van der Waals surface area contributed by atoms with Gasteiger partial charge < -0.3 is 49.6 Å². The van der Waals surface area contributed by atoms with E-state index in [9.17, 15) is 30.6 Å². The fraction of sp³-hybridized carbons (Fsp3) is 0.952. The summed E-state index contributed by atoms with van der Waals surface area (Å²) in [4.78, 5) is 0. The topological polar surface area (TPSA) is 158 Å². The van der Waals surface area contributed by atoms with Gasteiger partial charge in [0.1, 0.15) is 12.2 Å². The average molecular weight is 737 g/mol. The second kappa shape index (κ2) is 15.0. The SMILES string of the molecule is C[C@H](CC[C@@H](O[C@H]1C[C@@H](O)C[C@@H](CO[C@H]2O[C@H](CO)[C@@H](O)C[C@H]2O)O1)C(C)(C)O)C1CC[C@@]2(C)C3CC=C4C(CC[C@H](O)C4(C)C)[C@]3(C)CC[C@]12C. The lowest BCUT2D eigenvalue weighted by atomic mass is 9.39. The lowest BCUT2D eigenvalue weighted by Gasteiger charge is -2.66. The predicted molar refractivity (Wildman–Crippen MR) is 197 cm³/mol. The number of rotatable bonds is 11. The molecule has 2 aliphatic heterocycles. The maximum absolute atomic E-state index is 11.3. The molecule has 6 N–H and O–H groups in total. The van der Waals surface area contributed by atoms with Crippen LogP contribution in [0.25, 0.3) is 0 Å². The maximum Gasteiger partial charge on any atom is 0.184 e. The van der Waals surface area contributed by atoms with Gasteiger partial charge in [0, 0.05) is 24.7 Å². The van der Waals surface area contributed by atoms with E-state index in [1.807, 2.05) is 0 Å². The lowest BCUT2D eigenvalue weighted by Crippen LogP contribution is -2.59. The highest BCUT2D eigenvalue weighted by Gasteiger charge is 2.67. The minimum atomic E-state index is -1.12. The third-order valence-corrected chi connectivity index (χ3v) is 16.1. The van der Waals surface area contributed by atoms with E-state index in [2.05, 4.69) is 47.6 Å². The second-order valence-corrected chi connectivity index (χ2v) is 19.9. The molecule has 3 saturated carbocycles. The molecular formula is C42H72O10. The molecule has 4 aliphatic carbocycles. The number of hydrogen-bond donors (Lipinski definition) is 6. The van der Waals surface area contributed by atoms with Gasteiger partial charge in [0.25, 0.3) is 0 Å². The van der Waals surface area contributed by atoms with Crippen molar-refractivity contribution in [2.24, 2.45) is 45.3 Å². The van der Waals surface area contributed by atoms with Crippen molar-refractivity contribution in [3.63, 3.8) is 0 Å². The van der Waals surface area contributed by atoms with E-state index in [-0.39, 0.29) is 53.8 Å². The first-order valence-corrected chi connectivity index (χ1v) is 20.6. The molecule has 6 rings (SSSR count). The highest BCUT2D eigenvalue weighted by Crippen LogP contribution is 2.75. The zero-order valence-corrected chi connectivity index (χ0v) is 33.3. The van der Waals surface area contributed by atoms with Crippen LogP contribution in [-0.2, 0) is 18.9 Å². The Morgan fingerprint density at radius 3 is 2.31 bits per heavy atom. The predicted octanol–water partition coefficient (Wildman–Crippen LogP) is 5.24. The molecule has 6 aliphatic rings. The maximum atomic E-state index is 11.3. The average Bonchev–Trinajstić information content (AvgIpc) is 3.34. The first kappa shape index (κ1) is 41.0. The summed E-state index contributed by atoms with van der Waals surface area (Å²) in [7, 11) is 0. The van der Waals surface area contributed by atoms with Crippen LogP contribution in [0.3, 0.4) is 0 Å².